The van der Waals surface area contributed by atoms with Crippen molar-refractivity contribution in [3.63, 3.8) is 0 Å². The third-order valence-corrected chi connectivity index (χ3v) is 5.23. The second kappa shape index (κ2) is 9.86. The lowest BCUT2D eigenvalue weighted by Gasteiger charge is -2.12. The van der Waals surface area contributed by atoms with Crippen LogP contribution in [0.2, 0.25) is 0 Å². The molecule has 0 saturated carbocycles. The molecule has 1 aliphatic heterocycles. The highest BCUT2D eigenvalue weighted by Crippen LogP contribution is 2.15. The molecule has 9 nitrogen and oxygen atoms in total. The second-order valence-electron chi connectivity index (χ2n) is 7.59. The molecule has 1 atom stereocenters. The van der Waals surface area contributed by atoms with Crippen molar-refractivity contribution in [2.24, 2.45) is 0 Å². The van der Waals surface area contributed by atoms with Crippen LogP contribution in [-0.4, -0.2) is 44.0 Å². The first-order valence-electron chi connectivity index (χ1n) is 10.5. The number of benzene rings is 2. The number of carbonyl (C=O) groups excluding carboxylic acids is 3. The SMILES string of the molecule is O=C(CC[C@@H]1NC(=O)N(Cc2ccccc2)C1=O)Nc1n[nH]c(CCc2ccccc2)n1. The molecule has 0 unspecified atom stereocenters. The minimum atomic E-state index is -0.717. The Morgan fingerprint density at radius 2 is 1.66 bits per heavy atom. The fourth-order valence-electron chi connectivity index (χ4n) is 3.52. The van der Waals surface area contributed by atoms with Crippen molar-refractivity contribution in [3.8, 4) is 0 Å². The number of nitrogens with zero attached hydrogens (tertiary/aromatic N) is 3. The van der Waals surface area contributed by atoms with Crippen LogP contribution in [0.25, 0.3) is 0 Å². The van der Waals surface area contributed by atoms with Gasteiger partial charge in [0.05, 0.1) is 6.54 Å². The molecule has 0 spiro atoms. The van der Waals surface area contributed by atoms with E-state index < -0.39 is 12.1 Å². The van der Waals surface area contributed by atoms with E-state index in [2.05, 4.69) is 25.8 Å². The van der Waals surface area contributed by atoms with Gasteiger partial charge in [-0.3, -0.25) is 24.9 Å². The van der Waals surface area contributed by atoms with Crippen LogP contribution in [0.4, 0.5) is 10.7 Å². The number of aromatic amines is 1. The number of aromatic nitrogens is 3. The maximum Gasteiger partial charge on any atom is 0.325 e. The molecular weight excluding hydrogens is 408 g/mol. The normalized spacial score (nSPS) is 15.6. The Morgan fingerprint density at radius 1 is 0.969 bits per heavy atom. The van der Waals surface area contributed by atoms with Crippen LogP contribution in [0, 0.1) is 0 Å². The molecule has 164 valence electrons. The molecule has 2 aromatic carbocycles. The van der Waals surface area contributed by atoms with Crippen LogP contribution in [0.1, 0.15) is 29.8 Å². The number of aryl methyl sites for hydroxylation is 2. The van der Waals surface area contributed by atoms with Crippen molar-refractivity contribution in [3.05, 3.63) is 77.6 Å². The lowest BCUT2D eigenvalue weighted by Crippen LogP contribution is -2.31. The number of anilines is 1. The lowest BCUT2D eigenvalue weighted by molar-refractivity contribution is -0.128. The third-order valence-electron chi connectivity index (χ3n) is 5.23. The Kier molecular flexibility index (Phi) is 6.54. The molecule has 32 heavy (non-hydrogen) atoms. The number of urea groups is 1. The summed E-state index contributed by atoms with van der Waals surface area (Å²) in [7, 11) is 0. The second-order valence-corrected chi connectivity index (χ2v) is 7.59. The Labute approximate surface area is 185 Å². The predicted octanol–water partition coefficient (Wildman–Crippen LogP) is 2.43. The number of carbonyl (C=O) groups is 3. The molecule has 0 bridgehead atoms. The predicted molar refractivity (Wildman–Crippen MR) is 117 cm³/mol. The summed E-state index contributed by atoms with van der Waals surface area (Å²) in [5, 5.41) is 12.1. The number of amides is 4. The van der Waals surface area contributed by atoms with Crippen molar-refractivity contribution in [2.45, 2.75) is 38.3 Å². The van der Waals surface area contributed by atoms with Crippen molar-refractivity contribution >= 4 is 23.8 Å². The summed E-state index contributed by atoms with van der Waals surface area (Å²) in [5.74, 6) is 0.236. The molecular formula is C23H24N6O3. The first-order chi connectivity index (χ1) is 15.6. The fourth-order valence-corrected chi connectivity index (χ4v) is 3.52. The molecule has 4 amide bonds. The minimum absolute atomic E-state index is 0.0593. The Balaban J connectivity index is 1.23. The van der Waals surface area contributed by atoms with E-state index in [0.29, 0.717) is 12.2 Å². The minimum Gasteiger partial charge on any atom is -0.326 e. The van der Waals surface area contributed by atoms with Crippen LogP contribution < -0.4 is 10.6 Å². The van der Waals surface area contributed by atoms with Gasteiger partial charge >= 0.3 is 6.03 Å². The van der Waals surface area contributed by atoms with Gasteiger partial charge in [0.25, 0.3) is 5.91 Å². The number of nitrogens with one attached hydrogen (secondary N) is 3. The summed E-state index contributed by atoms with van der Waals surface area (Å²) >= 11 is 0. The highest BCUT2D eigenvalue weighted by atomic mass is 16.2. The average Bonchev–Trinajstić information content (AvgIpc) is 3.37. The molecule has 0 aliphatic carbocycles. The largest absolute Gasteiger partial charge is 0.326 e. The van der Waals surface area contributed by atoms with E-state index >= 15 is 0 Å². The quantitative estimate of drug-likeness (QED) is 0.449. The van der Waals surface area contributed by atoms with E-state index in [1.54, 1.807) is 0 Å². The summed E-state index contributed by atoms with van der Waals surface area (Å²) in [5.41, 5.74) is 2.06. The maximum atomic E-state index is 12.6. The smallest absolute Gasteiger partial charge is 0.325 e. The number of hydrogen-bond donors (Lipinski definition) is 3. The maximum absolute atomic E-state index is 12.6. The van der Waals surface area contributed by atoms with Crippen LogP contribution in [0.15, 0.2) is 60.7 Å². The van der Waals surface area contributed by atoms with Gasteiger partial charge in [-0.1, -0.05) is 60.7 Å². The van der Waals surface area contributed by atoms with Gasteiger partial charge in [0.2, 0.25) is 11.9 Å². The summed E-state index contributed by atoms with van der Waals surface area (Å²) in [6.07, 6.45) is 1.75. The monoisotopic (exact) mass is 432 g/mol. The summed E-state index contributed by atoms with van der Waals surface area (Å²) in [6.45, 7) is 0.206. The van der Waals surface area contributed by atoms with Crippen LogP contribution in [0.5, 0.6) is 0 Å². The number of hydrogen-bond acceptors (Lipinski definition) is 5. The van der Waals surface area contributed by atoms with Crippen molar-refractivity contribution < 1.29 is 14.4 Å². The molecule has 0 radical (unpaired) electrons. The molecule has 9 heteroatoms. The first kappa shape index (κ1) is 21.2. The van der Waals surface area contributed by atoms with Crippen LogP contribution in [0.3, 0.4) is 0 Å². The van der Waals surface area contributed by atoms with Crippen molar-refractivity contribution in [2.75, 3.05) is 5.32 Å². The Hall–Kier alpha value is -4.01. The molecule has 3 N–H and O–H groups in total. The lowest BCUT2D eigenvalue weighted by atomic mass is 10.1. The number of rotatable bonds is 9. The summed E-state index contributed by atoms with van der Waals surface area (Å²) in [6, 6.07) is 18.2. The molecule has 4 rings (SSSR count). The number of H-pyrrole nitrogens is 1. The van der Waals surface area contributed by atoms with Gasteiger partial charge in [-0.05, 0) is 24.0 Å². The van der Waals surface area contributed by atoms with E-state index in [0.717, 1.165) is 12.0 Å². The van der Waals surface area contributed by atoms with Crippen LogP contribution in [-0.2, 0) is 29.0 Å². The van der Waals surface area contributed by atoms with Gasteiger partial charge in [-0.15, -0.1) is 5.10 Å². The Bertz CT molecular complexity index is 1080. The van der Waals surface area contributed by atoms with Gasteiger partial charge in [0.15, 0.2) is 0 Å². The zero-order valence-corrected chi connectivity index (χ0v) is 17.5. The summed E-state index contributed by atoms with van der Waals surface area (Å²) in [4.78, 5) is 42.5. The van der Waals surface area contributed by atoms with Crippen molar-refractivity contribution in [1.29, 1.82) is 0 Å². The molecule has 3 aromatic rings. The van der Waals surface area contributed by atoms with E-state index in [1.807, 2.05) is 60.7 Å². The number of imide groups is 1. The summed E-state index contributed by atoms with van der Waals surface area (Å²) < 4.78 is 0. The van der Waals surface area contributed by atoms with Gasteiger partial charge in [0.1, 0.15) is 11.9 Å². The van der Waals surface area contributed by atoms with Gasteiger partial charge in [-0.2, -0.15) is 4.98 Å². The van der Waals surface area contributed by atoms with Gasteiger partial charge in [0, 0.05) is 12.8 Å². The van der Waals surface area contributed by atoms with Gasteiger partial charge < -0.3 is 5.32 Å². The third kappa shape index (κ3) is 5.37. The zero-order valence-electron chi connectivity index (χ0n) is 17.5. The molecule has 1 aliphatic rings. The fraction of sp³-hybridized carbons (Fsp3) is 0.261. The molecule has 1 aromatic heterocycles. The molecule has 2 heterocycles. The van der Waals surface area contributed by atoms with E-state index in [-0.39, 0.29) is 37.1 Å². The highest BCUT2D eigenvalue weighted by Gasteiger charge is 2.37. The van der Waals surface area contributed by atoms with E-state index in [9.17, 15) is 14.4 Å². The first-order valence-corrected chi connectivity index (χ1v) is 10.5. The van der Waals surface area contributed by atoms with Crippen molar-refractivity contribution in [1.82, 2.24) is 25.4 Å². The van der Waals surface area contributed by atoms with E-state index in [4.69, 9.17) is 0 Å². The standard InChI is InChI=1S/C23H24N6O3/c30-20(26-22-25-19(27-28-22)13-11-16-7-3-1-4-8-16)14-12-18-21(31)29(23(32)24-18)15-17-9-5-2-6-10-17/h1-10,18H,11-15H2,(H,24,32)(H2,25,26,27,28,30)/t18-/m0/s1. The highest BCUT2D eigenvalue weighted by molar-refractivity contribution is 6.04. The Morgan fingerprint density at radius 3 is 2.38 bits per heavy atom. The van der Waals surface area contributed by atoms with Crippen LogP contribution >= 0.6 is 0 Å². The zero-order chi connectivity index (χ0) is 22.3. The molecule has 1 saturated heterocycles. The molecule has 1 fully saturated rings. The topological polar surface area (TPSA) is 120 Å². The average molecular weight is 432 g/mol. The van der Waals surface area contributed by atoms with E-state index in [1.165, 1.54) is 10.5 Å². The van der Waals surface area contributed by atoms with Gasteiger partial charge in [-0.25, -0.2) is 4.79 Å².